The molecule has 150 valence electrons. The highest BCUT2D eigenvalue weighted by molar-refractivity contribution is 7.99. The second-order valence-corrected chi connectivity index (χ2v) is 7.73. The highest BCUT2D eigenvalue weighted by Gasteiger charge is 2.31. The first kappa shape index (κ1) is 20.5. The molecule has 0 radical (unpaired) electrons. The molecular weight excluding hydrogens is 387 g/mol. The summed E-state index contributed by atoms with van der Waals surface area (Å²) in [5.74, 6) is 1.82. The van der Waals surface area contributed by atoms with E-state index in [9.17, 15) is 18.0 Å². The number of rotatable bonds is 5. The molecule has 0 spiro atoms. The van der Waals surface area contributed by atoms with Gasteiger partial charge in [-0.3, -0.25) is 4.79 Å². The Morgan fingerprint density at radius 1 is 1.07 bits per heavy atom. The summed E-state index contributed by atoms with van der Waals surface area (Å²) >= 11 is 1.59. The monoisotopic (exact) mass is 409 g/mol. The largest absolute Gasteiger partial charge is 0.417 e. The second-order valence-electron chi connectivity index (χ2n) is 6.75. The first-order valence-corrected chi connectivity index (χ1v) is 10.2. The number of carbonyl (C=O) groups is 1. The van der Waals surface area contributed by atoms with Gasteiger partial charge in [-0.25, -0.2) is 4.98 Å². The maximum atomic E-state index is 12.6. The molecule has 4 nitrogen and oxygen atoms in total. The molecule has 2 aromatic rings. The van der Waals surface area contributed by atoms with E-state index in [1.54, 1.807) is 11.8 Å². The average Bonchev–Trinajstić information content (AvgIpc) is 2.69. The molecular formula is C20H22F3N3OS. The zero-order valence-electron chi connectivity index (χ0n) is 15.6. The van der Waals surface area contributed by atoms with Crippen molar-refractivity contribution in [2.24, 2.45) is 0 Å². The van der Waals surface area contributed by atoms with Crippen LogP contribution < -0.4 is 4.90 Å². The predicted octanol–water partition coefficient (Wildman–Crippen LogP) is 3.99. The Morgan fingerprint density at radius 3 is 2.32 bits per heavy atom. The number of halogens is 3. The molecule has 1 saturated heterocycles. The lowest BCUT2D eigenvalue weighted by atomic mass is 10.2. The lowest BCUT2D eigenvalue weighted by Gasteiger charge is -2.35. The van der Waals surface area contributed by atoms with Gasteiger partial charge >= 0.3 is 6.18 Å². The third-order valence-electron chi connectivity index (χ3n) is 4.65. The number of piperazine rings is 1. The highest BCUT2D eigenvalue weighted by Crippen LogP contribution is 2.29. The quantitative estimate of drug-likeness (QED) is 0.748. The van der Waals surface area contributed by atoms with Crippen LogP contribution in [-0.2, 0) is 16.7 Å². The standard InChI is InChI=1S/C20H22F3N3OS/c1-15-2-4-16(5-3-15)13-28-14-19(27)26-10-8-25(9-11-26)18-7-6-17(12-24-18)20(21,22)23/h2-7,12H,8-11,13-14H2,1H3. The lowest BCUT2D eigenvalue weighted by molar-refractivity contribution is -0.137. The van der Waals surface area contributed by atoms with Crippen LogP contribution in [-0.4, -0.2) is 47.7 Å². The fourth-order valence-corrected chi connectivity index (χ4v) is 3.84. The summed E-state index contributed by atoms with van der Waals surface area (Å²) in [5.41, 5.74) is 1.66. The van der Waals surface area contributed by atoms with Crippen molar-refractivity contribution >= 4 is 23.5 Å². The van der Waals surface area contributed by atoms with Crippen molar-refractivity contribution in [3.63, 3.8) is 0 Å². The Labute approximate surface area is 166 Å². The Bertz CT molecular complexity index is 786. The number of carbonyl (C=O) groups excluding carboxylic acids is 1. The van der Waals surface area contributed by atoms with Gasteiger partial charge in [-0.1, -0.05) is 29.8 Å². The molecule has 28 heavy (non-hydrogen) atoms. The van der Waals surface area contributed by atoms with E-state index in [0.717, 1.165) is 18.0 Å². The van der Waals surface area contributed by atoms with E-state index in [0.29, 0.717) is 37.7 Å². The normalized spacial score (nSPS) is 15.0. The predicted molar refractivity (Wildman–Crippen MR) is 105 cm³/mol. The number of aryl methyl sites for hydroxylation is 1. The minimum atomic E-state index is -4.38. The third-order valence-corrected chi connectivity index (χ3v) is 5.63. The molecule has 1 aliphatic rings. The first-order chi connectivity index (χ1) is 13.3. The molecule has 0 saturated carbocycles. The van der Waals surface area contributed by atoms with Crippen molar-refractivity contribution in [2.75, 3.05) is 36.8 Å². The smallest absolute Gasteiger partial charge is 0.353 e. The van der Waals surface area contributed by atoms with Gasteiger partial charge in [-0.2, -0.15) is 13.2 Å². The third kappa shape index (κ3) is 5.41. The van der Waals surface area contributed by atoms with Crippen LogP contribution in [0.25, 0.3) is 0 Å². The molecule has 1 amide bonds. The van der Waals surface area contributed by atoms with Gasteiger partial charge in [0.15, 0.2) is 0 Å². The Hall–Kier alpha value is -2.22. The maximum absolute atomic E-state index is 12.6. The lowest BCUT2D eigenvalue weighted by Crippen LogP contribution is -2.49. The minimum Gasteiger partial charge on any atom is -0.353 e. The van der Waals surface area contributed by atoms with Gasteiger partial charge in [-0.15, -0.1) is 11.8 Å². The van der Waals surface area contributed by atoms with Crippen molar-refractivity contribution in [3.05, 3.63) is 59.3 Å². The van der Waals surface area contributed by atoms with E-state index in [2.05, 4.69) is 29.2 Å². The van der Waals surface area contributed by atoms with Crippen LogP contribution in [0.3, 0.4) is 0 Å². The van der Waals surface area contributed by atoms with Crippen molar-refractivity contribution in [3.8, 4) is 0 Å². The SMILES string of the molecule is Cc1ccc(CSCC(=O)N2CCN(c3ccc(C(F)(F)F)cn3)CC2)cc1. The molecule has 0 aliphatic carbocycles. The van der Waals surface area contributed by atoms with Gasteiger partial charge in [0.1, 0.15) is 5.82 Å². The van der Waals surface area contributed by atoms with E-state index < -0.39 is 11.7 Å². The van der Waals surface area contributed by atoms with Crippen LogP contribution >= 0.6 is 11.8 Å². The van der Waals surface area contributed by atoms with Crippen molar-refractivity contribution in [2.45, 2.75) is 18.9 Å². The van der Waals surface area contributed by atoms with Crippen LogP contribution in [0.1, 0.15) is 16.7 Å². The molecule has 0 bridgehead atoms. The number of benzene rings is 1. The summed E-state index contributed by atoms with van der Waals surface area (Å²) in [7, 11) is 0. The maximum Gasteiger partial charge on any atom is 0.417 e. The summed E-state index contributed by atoms with van der Waals surface area (Å²) in [5, 5.41) is 0. The summed E-state index contributed by atoms with van der Waals surface area (Å²) in [6.45, 7) is 4.26. The number of thioether (sulfide) groups is 1. The number of hydrogen-bond donors (Lipinski definition) is 0. The van der Waals surface area contributed by atoms with Gasteiger partial charge < -0.3 is 9.80 Å². The number of aromatic nitrogens is 1. The molecule has 3 rings (SSSR count). The number of nitrogens with zero attached hydrogens (tertiary/aromatic N) is 3. The van der Waals surface area contributed by atoms with Crippen LogP contribution in [0, 0.1) is 6.92 Å². The topological polar surface area (TPSA) is 36.4 Å². The van der Waals surface area contributed by atoms with E-state index in [4.69, 9.17) is 0 Å². The molecule has 1 fully saturated rings. The van der Waals surface area contributed by atoms with Crippen molar-refractivity contribution < 1.29 is 18.0 Å². The van der Waals surface area contributed by atoms with Crippen LogP contribution in [0.2, 0.25) is 0 Å². The summed E-state index contributed by atoms with van der Waals surface area (Å²) in [6.07, 6.45) is -3.53. The van der Waals surface area contributed by atoms with Gasteiger partial charge in [0.05, 0.1) is 11.3 Å². The van der Waals surface area contributed by atoms with E-state index in [-0.39, 0.29) is 5.91 Å². The van der Waals surface area contributed by atoms with Gasteiger partial charge in [0.2, 0.25) is 5.91 Å². The van der Waals surface area contributed by atoms with Gasteiger partial charge in [0, 0.05) is 38.1 Å². The molecule has 0 unspecified atom stereocenters. The second kappa shape index (κ2) is 8.86. The van der Waals surface area contributed by atoms with E-state index >= 15 is 0 Å². The van der Waals surface area contributed by atoms with Crippen LogP contribution in [0.5, 0.6) is 0 Å². The van der Waals surface area contributed by atoms with Crippen molar-refractivity contribution in [1.29, 1.82) is 0 Å². The van der Waals surface area contributed by atoms with Crippen LogP contribution in [0.4, 0.5) is 19.0 Å². The number of alkyl halides is 3. The number of anilines is 1. The molecule has 1 aromatic carbocycles. The van der Waals surface area contributed by atoms with Crippen molar-refractivity contribution in [1.82, 2.24) is 9.88 Å². The van der Waals surface area contributed by atoms with Crippen LogP contribution in [0.15, 0.2) is 42.6 Å². The summed E-state index contributed by atoms with van der Waals surface area (Å²) in [4.78, 5) is 20.0. The summed E-state index contributed by atoms with van der Waals surface area (Å²) < 4.78 is 37.9. The summed E-state index contributed by atoms with van der Waals surface area (Å²) in [6, 6.07) is 10.7. The number of amides is 1. The first-order valence-electron chi connectivity index (χ1n) is 9.02. The fourth-order valence-electron chi connectivity index (χ4n) is 2.96. The number of hydrogen-bond acceptors (Lipinski definition) is 4. The Kier molecular flexibility index (Phi) is 6.49. The molecule has 1 aromatic heterocycles. The Balaban J connectivity index is 1.44. The highest BCUT2D eigenvalue weighted by atomic mass is 32.2. The number of pyridine rings is 1. The molecule has 0 atom stereocenters. The fraction of sp³-hybridized carbons (Fsp3) is 0.400. The molecule has 1 aliphatic heterocycles. The van der Waals surface area contributed by atoms with Gasteiger partial charge in [0.25, 0.3) is 0 Å². The Morgan fingerprint density at radius 2 is 1.75 bits per heavy atom. The molecule has 0 N–H and O–H groups in total. The molecule has 2 heterocycles. The van der Waals surface area contributed by atoms with Gasteiger partial charge in [-0.05, 0) is 24.6 Å². The average molecular weight is 409 g/mol. The zero-order valence-corrected chi connectivity index (χ0v) is 16.4. The van der Waals surface area contributed by atoms with E-state index in [1.807, 2.05) is 16.7 Å². The van der Waals surface area contributed by atoms with E-state index in [1.165, 1.54) is 17.2 Å². The zero-order chi connectivity index (χ0) is 20.1. The molecule has 8 heteroatoms. The minimum absolute atomic E-state index is 0.0946.